The van der Waals surface area contributed by atoms with Crippen molar-refractivity contribution < 1.29 is 9.18 Å². The zero-order chi connectivity index (χ0) is 16.8. The maximum absolute atomic E-state index is 12.8. The molecule has 2 rings (SSSR count). The Kier molecular flexibility index (Phi) is 6.22. The molecule has 1 amide bonds. The molecule has 122 valence electrons. The van der Waals surface area contributed by atoms with Gasteiger partial charge in [-0.05, 0) is 55.2 Å². The van der Waals surface area contributed by atoms with Crippen LogP contribution in [0.2, 0.25) is 0 Å². The predicted molar refractivity (Wildman–Crippen MR) is 95.0 cm³/mol. The van der Waals surface area contributed by atoms with Crippen LogP contribution >= 0.6 is 11.8 Å². The third-order valence-corrected chi connectivity index (χ3v) is 4.83. The van der Waals surface area contributed by atoms with Crippen LogP contribution in [-0.4, -0.2) is 11.7 Å². The standard InChI is InChI=1S/C19H22FNOS/c1-13-4-7-17(10-14(13)2)15(3)21-19(22)12-23-11-16-5-8-18(20)9-6-16/h4-10,15H,11-12H2,1-3H3,(H,21,22). The van der Waals surface area contributed by atoms with E-state index < -0.39 is 0 Å². The number of benzene rings is 2. The van der Waals surface area contributed by atoms with Gasteiger partial charge in [0.2, 0.25) is 5.91 Å². The van der Waals surface area contributed by atoms with E-state index in [4.69, 9.17) is 0 Å². The van der Waals surface area contributed by atoms with E-state index in [-0.39, 0.29) is 17.8 Å². The molecule has 0 aliphatic carbocycles. The van der Waals surface area contributed by atoms with Crippen LogP contribution in [0.25, 0.3) is 0 Å². The minimum atomic E-state index is -0.237. The quantitative estimate of drug-likeness (QED) is 0.841. The number of aryl methyl sites for hydroxylation is 2. The summed E-state index contributed by atoms with van der Waals surface area (Å²) in [7, 11) is 0. The van der Waals surface area contributed by atoms with E-state index in [1.807, 2.05) is 6.92 Å². The molecule has 0 fully saturated rings. The van der Waals surface area contributed by atoms with Crippen LogP contribution in [0, 0.1) is 19.7 Å². The highest BCUT2D eigenvalue weighted by atomic mass is 32.2. The van der Waals surface area contributed by atoms with Crippen molar-refractivity contribution >= 4 is 17.7 Å². The van der Waals surface area contributed by atoms with Gasteiger partial charge in [0, 0.05) is 5.75 Å². The molecule has 0 radical (unpaired) electrons. The lowest BCUT2D eigenvalue weighted by atomic mass is 10.0. The Bertz CT molecular complexity index is 670. The summed E-state index contributed by atoms with van der Waals surface area (Å²) in [5, 5.41) is 3.02. The predicted octanol–water partition coefficient (Wildman–Crippen LogP) is 4.55. The number of hydrogen-bond acceptors (Lipinski definition) is 2. The second-order valence-corrected chi connectivity index (χ2v) is 6.74. The van der Waals surface area contributed by atoms with Crippen LogP contribution < -0.4 is 5.32 Å². The monoisotopic (exact) mass is 331 g/mol. The number of thioether (sulfide) groups is 1. The lowest BCUT2D eigenvalue weighted by Gasteiger charge is -2.15. The molecule has 0 aliphatic rings. The zero-order valence-corrected chi connectivity index (χ0v) is 14.5. The molecule has 2 aromatic carbocycles. The molecular weight excluding hydrogens is 309 g/mol. The fraction of sp³-hybridized carbons (Fsp3) is 0.316. The fourth-order valence-corrected chi connectivity index (χ4v) is 3.04. The van der Waals surface area contributed by atoms with E-state index in [9.17, 15) is 9.18 Å². The first kappa shape index (κ1) is 17.5. The minimum Gasteiger partial charge on any atom is -0.349 e. The highest BCUT2D eigenvalue weighted by molar-refractivity contribution is 7.99. The van der Waals surface area contributed by atoms with E-state index >= 15 is 0 Å². The molecule has 1 atom stereocenters. The van der Waals surface area contributed by atoms with Crippen molar-refractivity contribution in [2.45, 2.75) is 32.6 Å². The van der Waals surface area contributed by atoms with Crippen molar-refractivity contribution in [1.82, 2.24) is 5.32 Å². The summed E-state index contributed by atoms with van der Waals surface area (Å²) in [5.41, 5.74) is 4.62. The van der Waals surface area contributed by atoms with Crippen LogP contribution in [0.1, 0.15) is 35.2 Å². The van der Waals surface area contributed by atoms with Crippen molar-refractivity contribution in [3.05, 3.63) is 70.5 Å². The van der Waals surface area contributed by atoms with Gasteiger partial charge >= 0.3 is 0 Å². The smallest absolute Gasteiger partial charge is 0.230 e. The lowest BCUT2D eigenvalue weighted by molar-refractivity contribution is -0.119. The molecule has 0 bridgehead atoms. The number of halogens is 1. The van der Waals surface area contributed by atoms with Gasteiger partial charge in [-0.25, -0.2) is 4.39 Å². The summed E-state index contributed by atoms with van der Waals surface area (Å²) in [6.07, 6.45) is 0. The third-order valence-electron chi connectivity index (χ3n) is 3.82. The van der Waals surface area contributed by atoms with Crippen molar-refractivity contribution in [3.63, 3.8) is 0 Å². The van der Waals surface area contributed by atoms with Gasteiger partial charge in [0.1, 0.15) is 5.82 Å². The Labute approximate surface area is 141 Å². The number of carbonyl (C=O) groups is 1. The first-order valence-corrected chi connectivity index (χ1v) is 8.80. The van der Waals surface area contributed by atoms with Gasteiger partial charge in [0.15, 0.2) is 0 Å². The Balaban J connectivity index is 1.79. The topological polar surface area (TPSA) is 29.1 Å². The third kappa shape index (κ3) is 5.39. The lowest BCUT2D eigenvalue weighted by Crippen LogP contribution is -2.28. The summed E-state index contributed by atoms with van der Waals surface area (Å²) in [6.45, 7) is 6.15. The molecule has 0 saturated heterocycles. The molecule has 1 N–H and O–H groups in total. The first-order valence-electron chi connectivity index (χ1n) is 7.64. The molecule has 0 heterocycles. The van der Waals surface area contributed by atoms with Gasteiger partial charge in [-0.15, -0.1) is 11.8 Å². The molecule has 2 aromatic rings. The number of carbonyl (C=O) groups excluding carboxylic acids is 1. The SMILES string of the molecule is Cc1ccc(C(C)NC(=O)CSCc2ccc(F)cc2)cc1C. The van der Waals surface area contributed by atoms with Crippen molar-refractivity contribution in [1.29, 1.82) is 0 Å². The van der Waals surface area contributed by atoms with E-state index in [1.54, 1.807) is 12.1 Å². The van der Waals surface area contributed by atoms with Gasteiger partial charge in [-0.3, -0.25) is 4.79 Å². The summed E-state index contributed by atoms with van der Waals surface area (Å²) in [6, 6.07) is 12.6. The van der Waals surface area contributed by atoms with E-state index in [2.05, 4.69) is 37.4 Å². The number of hydrogen-bond donors (Lipinski definition) is 1. The summed E-state index contributed by atoms with van der Waals surface area (Å²) < 4.78 is 12.8. The second-order valence-electron chi connectivity index (χ2n) is 5.75. The highest BCUT2D eigenvalue weighted by Gasteiger charge is 2.10. The molecule has 0 saturated carbocycles. The van der Waals surface area contributed by atoms with E-state index in [1.165, 1.54) is 35.0 Å². The molecule has 0 aliphatic heterocycles. The van der Waals surface area contributed by atoms with Crippen molar-refractivity contribution in [2.24, 2.45) is 0 Å². The molecule has 0 spiro atoms. The molecule has 2 nitrogen and oxygen atoms in total. The van der Waals surface area contributed by atoms with Gasteiger partial charge in [-0.2, -0.15) is 0 Å². The average Bonchev–Trinajstić information content (AvgIpc) is 2.52. The Hall–Kier alpha value is -1.81. The van der Waals surface area contributed by atoms with Gasteiger partial charge < -0.3 is 5.32 Å². The molecule has 4 heteroatoms. The average molecular weight is 331 g/mol. The summed E-state index contributed by atoms with van der Waals surface area (Å²) >= 11 is 1.53. The first-order chi connectivity index (χ1) is 11.0. The molecular formula is C19H22FNOS. The van der Waals surface area contributed by atoms with E-state index in [0.717, 1.165) is 11.1 Å². The van der Waals surface area contributed by atoms with Gasteiger partial charge in [-0.1, -0.05) is 30.3 Å². The minimum absolute atomic E-state index is 0.00628. The van der Waals surface area contributed by atoms with Gasteiger partial charge in [0.25, 0.3) is 0 Å². The van der Waals surface area contributed by atoms with Crippen LogP contribution in [0.4, 0.5) is 4.39 Å². The van der Waals surface area contributed by atoms with Crippen molar-refractivity contribution in [3.8, 4) is 0 Å². The maximum atomic E-state index is 12.8. The van der Waals surface area contributed by atoms with E-state index in [0.29, 0.717) is 11.5 Å². The van der Waals surface area contributed by atoms with Crippen molar-refractivity contribution in [2.75, 3.05) is 5.75 Å². The molecule has 23 heavy (non-hydrogen) atoms. The number of rotatable bonds is 6. The Morgan fingerprint density at radius 2 is 1.83 bits per heavy atom. The Morgan fingerprint density at radius 1 is 1.13 bits per heavy atom. The second kappa shape index (κ2) is 8.16. The van der Waals surface area contributed by atoms with Crippen LogP contribution in [-0.2, 0) is 10.5 Å². The summed E-state index contributed by atoms with van der Waals surface area (Å²) in [4.78, 5) is 12.0. The molecule has 0 aromatic heterocycles. The van der Waals surface area contributed by atoms with Crippen LogP contribution in [0.3, 0.4) is 0 Å². The summed E-state index contributed by atoms with van der Waals surface area (Å²) in [5.74, 6) is 0.875. The van der Waals surface area contributed by atoms with Gasteiger partial charge in [0.05, 0.1) is 11.8 Å². The zero-order valence-electron chi connectivity index (χ0n) is 13.7. The van der Waals surface area contributed by atoms with Crippen LogP contribution in [0.5, 0.6) is 0 Å². The van der Waals surface area contributed by atoms with Crippen LogP contribution in [0.15, 0.2) is 42.5 Å². The maximum Gasteiger partial charge on any atom is 0.230 e. The molecule has 1 unspecified atom stereocenters. The normalized spacial score (nSPS) is 12.0. The largest absolute Gasteiger partial charge is 0.349 e. The highest BCUT2D eigenvalue weighted by Crippen LogP contribution is 2.17. The number of amides is 1. The Morgan fingerprint density at radius 3 is 2.48 bits per heavy atom. The number of nitrogens with one attached hydrogen (secondary N) is 1. The fourth-order valence-electron chi connectivity index (χ4n) is 2.24.